The van der Waals surface area contributed by atoms with Crippen LogP contribution in [-0.2, 0) is 16.1 Å². The Morgan fingerprint density at radius 1 is 1.25 bits per heavy atom. The molecule has 1 atom stereocenters. The van der Waals surface area contributed by atoms with Gasteiger partial charge < -0.3 is 19.5 Å². The highest BCUT2D eigenvalue weighted by atomic mass is 35.5. The van der Waals surface area contributed by atoms with E-state index in [-0.39, 0.29) is 18.3 Å². The van der Waals surface area contributed by atoms with Crippen molar-refractivity contribution in [3.63, 3.8) is 0 Å². The third-order valence-electron chi connectivity index (χ3n) is 4.86. The average Bonchev–Trinajstić information content (AvgIpc) is 3.30. The van der Waals surface area contributed by atoms with Crippen molar-refractivity contribution in [3.05, 3.63) is 63.1 Å². The van der Waals surface area contributed by atoms with Crippen LogP contribution in [0.3, 0.4) is 0 Å². The van der Waals surface area contributed by atoms with Crippen LogP contribution in [-0.4, -0.2) is 31.8 Å². The Morgan fingerprint density at radius 3 is 2.78 bits per heavy atom. The van der Waals surface area contributed by atoms with Gasteiger partial charge in [0, 0.05) is 28.8 Å². The summed E-state index contributed by atoms with van der Waals surface area (Å²) >= 11 is 12.2. The fraction of sp³-hybridized carbons (Fsp3) is 0.333. The Balaban J connectivity index is 1.71. The van der Waals surface area contributed by atoms with Crippen LogP contribution in [0.5, 0.6) is 11.5 Å². The van der Waals surface area contributed by atoms with Crippen molar-refractivity contribution in [1.82, 2.24) is 5.32 Å². The number of benzene rings is 2. The number of hydrogen-bond donors (Lipinski definition) is 1. The number of hydrogen-bond acceptors (Lipinski definition) is 5. The van der Waals surface area contributed by atoms with Crippen LogP contribution in [0.1, 0.15) is 30.9 Å². The third-order valence-corrected chi connectivity index (χ3v) is 5.44. The predicted molar refractivity (Wildman–Crippen MR) is 124 cm³/mol. The number of nitriles is 1. The van der Waals surface area contributed by atoms with Gasteiger partial charge in [0.05, 0.1) is 12.7 Å². The summed E-state index contributed by atoms with van der Waals surface area (Å²) in [6.45, 7) is 3.63. The molecule has 1 N–H and O–H groups in total. The maximum atomic E-state index is 12.4. The number of nitrogens with one attached hydrogen (secondary N) is 1. The lowest BCUT2D eigenvalue weighted by Gasteiger charge is -2.14. The maximum absolute atomic E-state index is 12.4. The van der Waals surface area contributed by atoms with Gasteiger partial charge in [-0.2, -0.15) is 5.26 Å². The highest BCUT2D eigenvalue weighted by Gasteiger charge is 2.18. The van der Waals surface area contributed by atoms with Crippen molar-refractivity contribution in [2.24, 2.45) is 0 Å². The van der Waals surface area contributed by atoms with E-state index in [0.717, 1.165) is 18.4 Å². The molecule has 0 spiro atoms. The summed E-state index contributed by atoms with van der Waals surface area (Å²) in [5.74, 6) is 0.596. The fourth-order valence-electron chi connectivity index (χ4n) is 3.22. The van der Waals surface area contributed by atoms with Crippen LogP contribution in [0.2, 0.25) is 10.0 Å². The minimum atomic E-state index is -0.432. The van der Waals surface area contributed by atoms with Crippen LogP contribution < -0.4 is 14.8 Å². The number of ether oxygens (including phenoxy) is 3. The third kappa shape index (κ3) is 6.64. The van der Waals surface area contributed by atoms with Gasteiger partial charge in [-0.15, -0.1) is 0 Å². The van der Waals surface area contributed by atoms with Crippen LogP contribution in [0.4, 0.5) is 0 Å². The quantitative estimate of drug-likeness (QED) is 0.400. The molecule has 1 fully saturated rings. The Kier molecular flexibility index (Phi) is 8.81. The Bertz CT molecular complexity index is 1030. The van der Waals surface area contributed by atoms with Gasteiger partial charge in [-0.3, -0.25) is 4.79 Å². The summed E-state index contributed by atoms with van der Waals surface area (Å²) < 4.78 is 17.1. The lowest BCUT2D eigenvalue weighted by atomic mass is 10.1. The summed E-state index contributed by atoms with van der Waals surface area (Å²) in [6.07, 6.45) is 3.42. The monoisotopic (exact) mass is 474 g/mol. The first-order chi connectivity index (χ1) is 15.5. The zero-order chi connectivity index (χ0) is 22.9. The Morgan fingerprint density at radius 2 is 2.09 bits per heavy atom. The first kappa shape index (κ1) is 23.9. The van der Waals surface area contributed by atoms with Gasteiger partial charge in [0.1, 0.15) is 18.2 Å². The van der Waals surface area contributed by atoms with Gasteiger partial charge >= 0.3 is 0 Å². The second-order valence-corrected chi connectivity index (χ2v) is 8.02. The molecule has 1 unspecified atom stereocenters. The molecule has 1 aliphatic rings. The van der Waals surface area contributed by atoms with E-state index < -0.39 is 5.91 Å². The molecule has 1 amide bonds. The van der Waals surface area contributed by atoms with Crippen LogP contribution >= 0.6 is 23.2 Å². The molecule has 3 rings (SSSR count). The van der Waals surface area contributed by atoms with E-state index in [9.17, 15) is 10.1 Å². The van der Waals surface area contributed by atoms with Crippen molar-refractivity contribution in [3.8, 4) is 17.6 Å². The molecule has 32 heavy (non-hydrogen) atoms. The molecule has 1 saturated heterocycles. The molecule has 8 heteroatoms. The summed E-state index contributed by atoms with van der Waals surface area (Å²) in [4.78, 5) is 12.4. The summed E-state index contributed by atoms with van der Waals surface area (Å²) in [6, 6.07) is 12.4. The lowest BCUT2D eigenvalue weighted by molar-refractivity contribution is -0.117. The zero-order valence-corrected chi connectivity index (χ0v) is 19.2. The Labute approximate surface area is 197 Å². The molecule has 0 bridgehead atoms. The van der Waals surface area contributed by atoms with Crippen molar-refractivity contribution < 1.29 is 19.0 Å². The minimum Gasteiger partial charge on any atom is -0.490 e. The normalized spacial score (nSPS) is 15.8. The molecule has 6 nitrogen and oxygen atoms in total. The van der Waals surface area contributed by atoms with Gasteiger partial charge in [-0.05, 0) is 55.7 Å². The maximum Gasteiger partial charge on any atom is 0.262 e. The first-order valence-corrected chi connectivity index (χ1v) is 11.1. The number of carbonyl (C=O) groups is 1. The van der Waals surface area contributed by atoms with Crippen LogP contribution in [0, 0.1) is 11.3 Å². The van der Waals surface area contributed by atoms with E-state index in [2.05, 4.69) is 5.32 Å². The predicted octanol–water partition coefficient (Wildman–Crippen LogP) is 5.17. The zero-order valence-electron chi connectivity index (χ0n) is 17.7. The topological polar surface area (TPSA) is 80.6 Å². The number of rotatable bonds is 9. The second kappa shape index (κ2) is 11.8. The SMILES string of the molecule is CCOc1cc(/C=C(\C#N)C(=O)NCC2CCCO2)ccc1OCc1ccc(Cl)cc1Cl. The molecule has 0 aromatic heterocycles. The van der Waals surface area contributed by atoms with Crippen molar-refractivity contribution in [2.45, 2.75) is 32.5 Å². The van der Waals surface area contributed by atoms with Crippen LogP contribution in [0.15, 0.2) is 42.0 Å². The summed E-state index contributed by atoms with van der Waals surface area (Å²) in [7, 11) is 0. The highest BCUT2D eigenvalue weighted by Crippen LogP contribution is 2.31. The van der Waals surface area contributed by atoms with Gasteiger partial charge in [-0.1, -0.05) is 35.3 Å². The first-order valence-electron chi connectivity index (χ1n) is 10.3. The Hall–Kier alpha value is -2.72. The summed E-state index contributed by atoms with van der Waals surface area (Å²) in [5, 5.41) is 13.3. The van der Waals surface area contributed by atoms with E-state index in [1.807, 2.05) is 13.0 Å². The number of halogens is 2. The molecule has 2 aromatic rings. The molecular weight excluding hydrogens is 451 g/mol. The van der Waals surface area contributed by atoms with E-state index in [1.54, 1.807) is 36.4 Å². The molecule has 2 aromatic carbocycles. The average molecular weight is 475 g/mol. The van der Waals surface area contributed by atoms with Gasteiger partial charge in [-0.25, -0.2) is 0 Å². The molecule has 0 saturated carbocycles. The smallest absolute Gasteiger partial charge is 0.262 e. The standard InChI is InChI=1S/C24H24Cl2N2O4/c1-2-30-23-11-16(10-18(13-27)24(29)28-14-20-4-3-9-31-20)5-8-22(23)32-15-17-6-7-19(25)12-21(17)26/h5-8,10-12,20H,2-4,9,14-15H2,1H3,(H,28,29)/b18-10+. The molecule has 0 aliphatic carbocycles. The number of nitrogens with zero attached hydrogens (tertiary/aromatic N) is 1. The van der Waals surface area contributed by atoms with Crippen LogP contribution in [0.25, 0.3) is 6.08 Å². The van der Waals surface area contributed by atoms with E-state index in [0.29, 0.717) is 46.9 Å². The molecule has 1 heterocycles. The van der Waals surface area contributed by atoms with E-state index in [4.69, 9.17) is 37.4 Å². The van der Waals surface area contributed by atoms with Gasteiger partial charge in [0.25, 0.3) is 5.91 Å². The van der Waals surface area contributed by atoms with Crippen molar-refractivity contribution in [1.29, 1.82) is 5.26 Å². The van der Waals surface area contributed by atoms with Gasteiger partial charge in [0.2, 0.25) is 0 Å². The van der Waals surface area contributed by atoms with Gasteiger partial charge in [0.15, 0.2) is 11.5 Å². The molecular formula is C24H24Cl2N2O4. The second-order valence-electron chi connectivity index (χ2n) is 7.18. The van der Waals surface area contributed by atoms with E-state index >= 15 is 0 Å². The molecule has 1 aliphatic heterocycles. The number of amides is 1. The fourth-order valence-corrected chi connectivity index (χ4v) is 3.68. The molecule has 168 valence electrons. The summed E-state index contributed by atoms with van der Waals surface area (Å²) in [5.41, 5.74) is 1.44. The van der Waals surface area contributed by atoms with Crippen molar-refractivity contribution in [2.75, 3.05) is 19.8 Å². The number of carbonyl (C=O) groups excluding carboxylic acids is 1. The minimum absolute atomic E-state index is 0.00654. The van der Waals surface area contributed by atoms with Crippen molar-refractivity contribution >= 4 is 35.2 Å². The largest absolute Gasteiger partial charge is 0.490 e. The van der Waals surface area contributed by atoms with E-state index in [1.165, 1.54) is 6.08 Å². The lowest BCUT2D eigenvalue weighted by Crippen LogP contribution is -2.32. The molecule has 0 radical (unpaired) electrons. The highest BCUT2D eigenvalue weighted by molar-refractivity contribution is 6.35.